The smallest absolute Gasteiger partial charge is 0.257 e. The lowest BCUT2D eigenvalue weighted by Gasteiger charge is -2.02. The van der Waals surface area contributed by atoms with Gasteiger partial charge in [0.15, 0.2) is 5.13 Å². The number of thiazole rings is 1. The van der Waals surface area contributed by atoms with Crippen LogP contribution in [0.25, 0.3) is 11.0 Å². The molecule has 0 aliphatic rings. The van der Waals surface area contributed by atoms with Gasteiger partial charge in [-0.15, -0.1) is 11.3 Å². The summed E-state index contributed by atoms with van der Waals surface area (Å²) in [7, 11) is 0. The van der Waals surface area contributed by atoms with Gasteiger partial charge in [-0.1, -0.05) is 0 Å². The number of H-pyrrole nitrogens is 1. The molecule has 0 spiro atoms. The lowest BCUT2D eigenvalue weighted by Crippen LogP contribution is -2.11. The molecule has 0 saturated heterocycles. The van der Waals surface area contributed by atoms with Crippen molar-refractivity contribution in [1.29, 1.82) is 0 Å². The van der Waals surface area contributed by atoms with E-state index in [9.17, 15) is 13.6 Å². The van der Waals surface area contributed by atoms with Crippen molar-refractivity contribution in [3.63, 3.8) is 0 Å². The van der Waals surface area contributed by atoms with Crippen LogP contribution >= 0.6 is 11.3 Å². The number of aromatic nitrogens is 3. The number of aromatic amines is 1. The van der Waals surface area contributed by atoms with Gasteiger partial charge in [0.25, 0.3) is 5.91 Å². The van der Waals surface area contributed by atoms with Crippen molar-refractivity contribution >= 4 is 33.4 Å². The van der Waals surface area contributed by atoms with Crippen LogP contribution in [0.2, 0.25) is 0 Å². The first kappa shape index (κ1) is 16.3. The highest BCUT2D eigenvalue weighted by atomic mass is 32.1. The van der Waals surface area contributed by atoms with Crippen molar-refractivity contribution in [1.82, 2.24) is 15.0 Å². The Labute approximate surface area is 150 Å². The van der Waals surface area contributed by atoms with E-state index in [0.717, 1.165) is 22.0 Å². The summed E-state index contributed by atoms with van der Waals surface area (Å²) in [6, 6.07) is 8.54. The number of hydrogen-bond donors (Lipinski definition) is 2. The first-order chi connectivity index (χ1) is 12.6. The molecule has 0 bridgehead atoms. The summed E-state index contributed by atoms with van der Waals surface area (Å²) in [6.07, 6.45) is 3.48. The van der Waals surface area contributed by atoms with Crippen LogP contribution < -0.4 is 5.32 Å². The Morgan fingerprint density at radius 2 is 1.92 bits per heavy atom. The molecule has 8 heteroatoms. The van der Waals surface area contributed by atoms with Crippen LogP contribution in [-0.2, 0) is 6.42 Å². The summed E-state index contributed by atoms with van der Waals surface area (Å²) in [6.45, 7) is 0. The van der Waals surface area contributed by atoms with Gasteiger partial charge < -0.3 is 4.98 Å². The Kier molecular flexibility index (Phi) is 4.18. The van der Waals surface area contributed by atoms with Crippen LogP contribution in [0.1, 0.15) is 20.8 Å². The third kappa shape index (κ3) is 3.45. The number of anilines is 1. The van der Waals surface area contributed by atoms with E-state index in [4.69, 9.17) is 0 Å². The number of rotatable bonds is 4. The summed E-state index contributed by atoms with van der Waals surface area (Å²) in [5.74, 6) is -1.53. The molecule has 2 aromatic heterocycles. The van der Waals surface area contributed by atoms with Gasteiger partial charge in [-0.3, -0.25) is 10.1 Å². The highest BCUT2D eigenvalue weighted by Crippen LogP contribution is 2.23. The molecule has 2 heterocycles. The summed E-state index contributed by atoms with van der Waals surface area (Å²) in [5.41, 5.74) is 2.53. The summed E-state index contributed by atoms with van der Waals surface area (Å²) in [4.78, 5) is 24.4. The Morgan fingerprint density at radius 1 is 1.12 bits per heavy atom. The van der Waals surface area contributed by atoms with Crippen LogP contribution in [0.15, 0.2) is 48.9 Å². The lowest BCUT2D eigenvalue weighted by molar-refractivity contribution is 0.102. The van der Waals surface area contributed by atoms with Gasteiger partial charge in [0, 0.05) is 29.1 Å². The number of nitrogens with zero attached hydrogens (tertiary/aromatic N) is 2. The molecule has 2 aromatic carbocycles. The number of hydrogen-bond acceptors (Lipinski definition) is 4. The fraction of sp³-hybridized carbons (Fsp3) is 0.0556. The topological polar surface area (TPSA) is 70.7 Å². The molecule has 130 valence electrons. The molecule has 2 N–H and O–H groups in total. The van der Waals surface area contributed by atoms with E-state index in [0.29, 0.717) is 22.7 Å². The molecule has 0 unspecified atom stereocenters. The first-order valence-electron chi connectivity index (χ1n) is 7.71. The maximum atomic E-state index is 13.3. The zero-order valence-electron chi connectivity index (χ0n) is 13.3. The van der Waals surface area contributed by atoms with E-state index in [1.807, 2.05) is 0 Å². The molecule has 4 aromatic rings. The van der Waals surface area contributed by atoms with Crippen molar-refractivity contribution in [2.45, 2.75) is 6.42 Å². The SMILES string of the molecule is O=C(Nc1ncc(Cc2cc(F)cc(F)c2)s1)c1ccc2nc[nH]c2c1. The molecule has 4 rings (SSSR count). The molecular weight excluding hydrogens is 358 g/mol. The fourth-order valence-corrected chi connectivity index (χ4v) is 3.45. The molecule has 0 saturated carbocycles. The summed E-state index contributed by atoms with van der Waals surface area (Å²) in [5, 5.41) is 3.15. The average molecular weight is 370 g/mol. The maximum absolute atomic E-state index is 13.3. The van der Waals surface area contributed by atoms with Gasteiger partial charge >= 0.3 is 0 Å². The van der Waals surface area contributed by atoms with Gasteiger partial charge in [-0.2, -0.15) is 0 Å². The lowest BCUT2D eigenvalue weighted by atomic mass is 10.1. The number of benzene rings is 2. The molecule has 0 aliphatic heterocycles. The molecule has 0 aliphatic carbocycles. The van der Waals surface area contributed by atoms with Crippen molar-refractivity contribution in [3.05, 3.63) is 76.6 Å². The number of imidazole rings is 1. The number of carbonyl (C=O) groups is 1. The third-order valence-corrected chi connectivity index (χ3v) is 4.67. The standard InChI is InChI=1S/C18H12F2N4OS/c19-12-3-10(4-13(20)7-12)5-14-8-21-18(26-14)24-17(25)11-1-2-15-16(6-11)23-9-22-15/h1-4,6-9H,5H2,(H,22,23)(H,21,24,25). The van der Waals surface area contributed by atoms with Crippen molar-refractivity contribution < 1.29 is 13.6 Å². The zero-order chi connectivity index (χ0) is 18.1. The second-order valence-corrected chi connectivity index (χ2v) is 6.79. The molecule has 1 amide bonds. The largest absolute Gasteiger partial charge is 0.345 e. The molecule has 0 fully saturated rings. The van der Waals surface area contributed by atoms with Crippen LogP contribution in [-0.4, -0.2) is 20.9 Å². The highest BCUT2D eigenvalue weighted by molar-refractivity contribution is 7.15. The first-order valence-corrected chi connectivity index (χ1v) is 8.52. The predicted molar refractivity (Wildman–Crippen MR) is 95.3 cm³/mol. The van der Waals surface area contributed by atoms with Gasteiger partial charge in [0.2, 0.25) is 0 Å². The summed E-state index contributed by atoms with van der Waals surface area (Å²) < 4.78 is 26.5. The van der Waals surface area contributed by atoms with E-state index in [2.05, 4.69) is 20.3 Å². The van der Waals surface area contributed by atoms with E-state index >= 15 is 0 Å². The molecular formula is C18H12F2N4OS. The third-order valence-electron chi connectivity index (χ3n) is 3.76. The molecule has 0 radical (unpaired) electrons. The minimum Gasteiger partial charge on any atom is -0.345 e. The number of fused-ring (bicyclic) bond motifs is 1. The highest BCUT2D eigenvalue weighted by Gasteiger charge is 2.11. The van der Waals surface area contributed by atoms with Crippen molar-refractivity contribution in [3.8, 4) is 0 Å². The second kappa shape index (κ2) is 6.64. The van der Waals surface area contributed by atoms with Crippen LogP contribution in [0.4, 0.5) is 13.9 Å². The van der Waals surface area contributed by atoms with Gasteiger partial charge in [0.1, 0.15) is 11.6 Å². The van der Waals surface area contributed by atoms with E-state index in [-0.39, 0.29) is 5.91 Å². The minimum atomic E-state index is -0.618. The van der Waals surface area contributed by atoms with Crippen LogP contribution in [0, 0.1) is 11.6 Å². The zero-order valence-corrected chi connectivity index (χ0v) is 14.1. The minimum absolute atomic E-state index is 0.292. The monoisotopic (exact) mass is 370 g/mol. The van der Waals surface area contributed by atoms with E-state index < -0.39 is 11.6 Å². The van der Waals surface area contributed by atoms with Gasteiger partial charge in [0.05, 0.1) is 17.4 Å². The summed E-state index contributed by atoms with van der Waals surface area (Å²) >= 11 is 1.26. The van der Waals surface area contributed by atoms with Crippen LogP contribution in [0.3, 0.4) is 0 Å². The predicted octanol–water partition coefficient (Wildman–Crippen LogP) is 4.14. The second-order valence-electron chi connectivity index (χ2n) is 5.67. The Morgan fingerprint density at radius 3 is 2.73 bits per heavy atom. The van der Waals surface area contributed by atoms with E-state index in [1.165, 1.54) is 23.5 Å². The number of amides is 1. The van der Waals surface area contributed by atoms with Gasteiger partial charge in [-0.05, 0) is 35.9 Å². The average Bonchev–Trinajstić information content (AvgIpc) is 3.22. The van der Waals surface area contributed by atoms with Crippen molar-refractivity contribution in [2.75, 3.05) is 5.32 Å². The van der Waals surface area contributed by atoms with Crippen LogP contribution in [0.5, 0.6) is 0 Å². The van der Waals surface area contributed by atoms with Crippen molar-refractivity contribution in [2.24, 2.45) is 0 Å². The Balaban J connectivity index is 1.48. The Hall–Kier alpha value is -3.13. The fourth-order valence-electron chi connectivity index (χ4n) is 2.61. The molecule has 0 atom stereocenters. The number of halogens is 2. The normalized spacial score (nSPS) is 11.0. The number of carbonyl (C=O) groups excluding carboxylic acids is 1. The maximum Gasteiger partial charge on any atom is 0.257 e. The Bertz CT molecular complexity index is 1090. The molecule has 5 nitrogen and oxygen atoms in total. The quantitative estimate of drug-likeness (QED) is 0.567. The number of nitrogens with one attached hydrogen (secondary N) is 2. The van der Waals surface area contributed by atoms with Gasteiger partial charge in [-0.25, -0.2) is 18.7 Å². The van der Waals surface area contributed by atoms with E-state index in [1.54, 1.807) is 30.7 Å². The molecule has 26 heavy (non-hydrogen) atoms.